The highest BCUT2D eigenvalue weighted by molar-refractivity contribution is 9.11. The van der Waals surface area contributed by atoms with Crippen molar-refractivity contribution in [3.63, 3.8) is 0 Å². The lowest BCUT2D eigenvalue weighted by Gasteiger charge is -2.24. The summed E-state index contributed by atoms with van der Waals surface area (Å²) < 4.78 is 9.14. The lowest BCUT2D eigenvalue weighted by Crippen LogP contribution is -2.29. The van der Waals surface area contributed by atoms with Crippen LogP contribution in [0.25, 0.3) is 0 Å². The number of ether oxygens (including phenoxy) is 1. The first kappa shape index (κ1) is 19.7. The Hall–Kier alpha value is -1.61. The molecule has 1 amide bonds. The number of nitrogens with zero attached hydrogens (tertiary/aromatic N) is 3. The van der Waals surface area contributed by atoms with Crippen LogP contribution in [0.4, 0.5) is 5.95 Å². The molecule has 0 saturated carbocycles. The Morgan fingerprint density at radius 2 is 1.96 bits per heavy atom. The van der Waals surface area contributed by atoms with Gasteiger partial charge in [-0.05, 0) is 61.7 Å². The van der Waals surface area contributed by atoms with E-state index in [-0.39, 0.29) is 25.0 Å². The van der Waals surface area contributed by atoms with Crippen molar-refractivity contribution >= 4 is 66.9 Å². The molecule has 1 aromatic heterocycles. The van der Waals surface area contributed by atoms with Crippen LogP contribution in [0.15, 0.2) is 45.6 Å². The Morgan fingerprint density at radius 3 is 2.68 bits per heavy atom. The van der Waals surface area contributed by atoms with Crippen molar-refractivity contribution in [3.8, 4) is 5.75 Å². The van der Waals surface area contributed by atoms with E-state index < -0.39 is 0 Å². The van der Waals surface area contributed by atoms with Crippen molar-refractivity contribution in [1.29, 1.82) is 0 Å². The molecule has 3 aromatic rings. The number of carbonyl (C=O) groups is 1. The molecule has 0 aliphatic carbocycles. The van der Waals surface area contributed by atoms with Crippen LogP contribution in [0.5, 0.6) is 5.75 Å². The van der Waals surface area contributed by atoms with E-state index in [4.69, 9.17) is 27.9 Å². The highest BCUT2D eigenvalue weighted by atomic mass is 79.9. The van der Waals surface area contributed by atoms with E-state index in [0.29, 0.717) is 21.7 Å². The second kappa shape index (κ2) is 8.02. The fourth-order valence-corrected chi connectivity index (χ4v) is 4.88. The molecule has 2 heterocycles. The van der Waals surface area contributed by atoms with Gasteiger partial charge in [-0.15, -0.1) is 0 Å². The van der Waals surface area contributed by atoms with Gasteiger partial charge in [0.25, 0.3) is 0 Å². The maximum atomic E-state index is 12.0. The summed E-state index contributed by atoms with van der Waals surface area (Å²) in [5, 5.41) is 8.05. The molecule has 6 nitrogen and oxygen atoms in total. The smallest absolute Gasteiger partial charge is 0.229 e. The molecule has 0 saturated heterocycles. The van der Waals surface area contributed by atoms with Crippen molar-refractivity contribution in [3.05, 3.63) is 66.8 Å². The summed E-state index contributed by atoms with van der Waals surface area (Å²) in [4.78, 5) is 16.1. The minimum Gasteiger partial charge on any atom is -0.486 e. The van der Waals surface area contributed by atoms with Crippen LogP contribution in [0.2, 0.25) is 10.0 Å². The first-order valence-electron chi connectivity index (χ1n) is 8.17. The van der Waals surface area contributed by atoms with E-state index in [1.807, 2.05) is 18.2 Å². The topological polar surface area (TPSA) is 69.0 Å². The molecule has 10 heteroatoms. The van der Waals surface area contributed by atoms with E-state index in [9.17, 15) is 4.79 Å². The van der Waals surface area contributed by atoms with Gasteiger partial charge in [0, 0.05) is 15.6 Å². The number of fused-ring (bicyclic) bond motifs is 1. The summed E-state index contributed by atoms with van der Waals surface area (Å²) in [5.74, 6) is 0.968. The van der Waals surface area contributed by atoms with Crippen LogP contribution < -0.4 is 10.1 Å². The van der Waals surface area contributed by atoms with E-state index >= 15 is 0 Å². The van der Waals surface area contributed by atoms with Crippen LogP contribution in [0, 0.1) is 0 Å². The van der Waals surface area contributed by atoms with Crippen molar-refractivity contribution in [2.45, 2.75) is 19.1 Å². The minimum absolute atomic E-state index is 0.101. The molecule has 144 valence electrons. The van der Waals surface area contributed by atoms with Gasteiger partial charge < -0.3 is 4.74 Å². The Bertz CT molecular complexity index is 1050. The number of hydrogen-bond donors (Lipinski definition) is 1. The van der Waals surface area contributed by atoms with Crippen molar-refractivity contribution < 1.29 is 9.53 Å². The molecule has 28 heavy (non-hydrogen) atoms. The van der Waals surface area contributed by atoms with Crippen molar-refractivity contribution in [1.82, 2.24) is 14.8 Å². The Morgan fingerprint density at radius 1 is 1.21 bits per heavy atom. The van der Waals surface area contributed by atoms with E-state index in [2.05, 4.69) is 47.3 Å². The van der Waals surface area contributed by atoms with Gasteiger partial charge in [0.2, 0.25) is 11.9 Å². The number of carbonyl (C=O) groups excluding carboxylic acids is 1. The molecule has 0 bridgehead atoms. The first-order valence-corrected chi connectivity index (χ1v) is 10.5. The zero-order valence-electron chi connectivity index (χ0n) is 14.1. The molecular formula is C18H12Br2Cl2N4O2. The van der Waals surface area contributed by atoms with Crippen LogP contribution in [0.1, 0.15) is 23.6 Å². The molecule has 2 aromatic carbocycles. The summed E-state index contributed by atoms with van der Waals surface area (Å²) in [6.45, 7) is 0.283. The van der Waals surface area contributed by atoms with Gasteiger partial charge in [-0.3, -0.25) is 10.1 Å². The average Bonchev–Trinajstić information content (AvgIpc) is 3.10. The highest BCUT2D eigenvalue weighted by Crippen LogP contribution is 2.39. The standard InChI is InChI=1S/C18H12Br2Cl2N4O2/c19-12-3-10(15-6-16(27)25-18-23-8-24-26(15)18)4-13(20)17(12)28-7-9-1-2-11(21)5-14(9)22/h1-5,8,15H,6-7H2,(H,23,24,25,27)/t15-/m1/s1. The second-order valence-electron chi connectivity index (χ2n) is 6.13. The van der Waals surface area contributed by atoms with E-state index in [1.165, 1.54) is 6.33 Å². The molecule has 4 rings (SSSR count). The first-order chi connectivity index (χ1) is 13.4. The van der Waals surface area contributed by atoms with Gasteiger partial charge in [0.15, 0.2) is 0 Å². The Kier molecular flexibility index (Phi) is 5.64. The molecule has 1 aliphatic heterocycles. The van der Waals surface area contributed by atoms with E-state index in [0.717, 1.165) is 20.1 Å². The molecule has 1 atom stereocenters. The average molecular weight is 547 g/mol. The number of anilines is 1. The zero-order valence-corrected chi connectivity index (χ0v) is 18.8. The highest BCUT2D eigenvalue weighted by Gasteiger charge is 2.28. The van der Waals surface area contributed by atoms with Crippen LogP contribution in [-0.2, 0) is 11.4 Å². The summed E-state index contributed by atoms with van der Waals surface area (Å²) in [5.41, 5.74) is 1.72. The molecule has 0 radical (unpaired) electrons. The SMILES string of the molecule is O=C1C[C@H](c2cc(Br)c(OCc3ccc(Cl)cc3Cl)c(Br)c2)n2ncnc2N1. The normalized spacial score (nSPS) is 15.9. The van der Waals surface area contributed by atoms with Gasteiger partial charge in [-0.2, -0.15) is 10.1 Å². The number of halogens is 4. The minimum atomic E-state index is -0.251. The maximum Gasteiger partial charge on any atom is 0.229 e. The summed E-state index contributed by atoms with van der Waals surface area (Å²) in [6, 6.07) is 8.85. The number of aromatic nitrogens is 3. The molecule has 0 spiro atoms. The molecule has 1 aliphatic rings. The predicted octanol–water partition coefficient (Wildman–Crippen LogP) is 5.62. The van der Waals surface area contributed by atoms with Crippen molar-refractivity contribution in [2.24, 2.45) is 0 Å². The van der Waals surface area contributed by atoms with Crippen LogP contribution in [-0.4, -0.2) is 20.7 Å². The molecule has 0 fully saturated rings. The fraction of sp³-hybridized carbons (Fsp3) is 0.167. The van der Waals surface area contributed by atoms with E-state index in [1.54, 1.807) is 16.8 Å². The van der Waals surface area contributed by atoms with Gasteiger partial charge in [0.05, 0.1) is 21.4 Å². The third-order valence-corrected chi connectivity index (χ3v) is 6.06. The largest absolute Gasteiger partial charge is 0.486 e. The maximum absolute atomic E-state index is 12.0. The van der Waals surface area contributed by atoms with Crippen molar-refractivity contribution in [2.75, 3.05) is 5.32 Å². The van der Waals surface area contributed by atoms with Gasteiger partial charge in [0.1, 0.15) is 18.7 Å². The summed E-state index contributed by atoms with van der Waals surface area (Å²) in [6.07, 6.45) is 1.70. The fourth-order valence-electron chi connectivity index (χ4n) is 2.96. The predicted molar refractivity (Wildman–Crippen MR) is 114 cm³/mol. The molecule has 1 N–H and O–H groups in total. The van der Waals surface area contributed by atoms with Gasteiger partial charge in [-0.1, -0.05) is 29.3 Å². The lowest BCUT2D eigenvalue weighted by molar-refractivity contribution is -0.117. The number of hydrogen-bond acceptors (Lipinski definition) is 4. The third-order valence-electron chi connectivity index (χ3n) is 4.29. The summed E-state index contributed by atoms with van der Waals surface area (Å²) in [7, 11) is 0. The number of rotatable bonds is 4. The zero-order chi connectivity index (χ0) is 19.8. The molecular weight excluding hydrogens is 535 g/mol. The molecule has 0 unspecified atom stereocenters. The van der Waals surface area contributed by atoms with Crippen LogP contribution in [0.3, 0.4) is 0 Å². The second-order valence-corrected chi connectivity index (χ2v) is 8.69. The number of benzene rings is 2. The van der Waals surface area contributed by atoms with Gasteiger partial charge in [-0.25, -0.2) is 4.68 Å². The quantitative estimate of drug-likeness (QED) is 0.461. The van der Waals surface area contributed by atoms with Gasteiger partial charge >= 0.3 is 0 Å². The monoisotopic (exact) mass is 544 g/mol. The number of nitrogens with one attached hydrogen (secondary N) is 1. The Balaban J connectivity index is 1.60. The summed E-state index contributed by atoms with van der Waals surface area (Å²) >= 11 is 19.3. The third kappa shape index (κ3) is 3.91. The Labute approximate surface area is 187 Å². The number of amides is 1. The van der Waals surface area contributed by atoms with Crippen LogP contribution >= 0.6 is 55.1 Å². The lowest BCUT2D eigenvalue weighted by atomic mass is 10.0.